The van der Waals surface area contributed by atoms with Crippen molar-refractivity contribution in [3.63, 3.8) is 0 Å². The quantitative estimate of drug-likeness (QED) is 0.115. The third-order valence-corrected chi connectivity index (χ3v) is 28.3. The van der Waals surface area contributed by atoms with Crippen molar-refractivity contribution >= 4 is 140 Å². The van der Waals surface area contributed by atoms with Crippen LogP contribution in [0.5, 0.6) is 0 Å². The second kappa shape index (κ2) is 46.5. The van der Waals surface area contributed by atoms with Gasteiger partial charge in [-0.15, -0.1) is 0 Å². The van der Waals surface area contributed by atoms with Gasteiger partial charge >= 0.3 is 0 Å². The van der Waals surface area contributed by atoms with E-state index in [0.29, 0.717) is 0 Å². The number of rotatable bonds is 6. The maximum atomic E-state index is 2.37. The molecule has 0 radical (unpaired) electrons. The second-order valence-electron chi connectivity index (χ2n) is 36.2. The number of hydrogen-bond acceptors (Lipinski definition) is 0. The Morgan fingerprint density at radius 3 is 0.891 bits per heavy atom. The van der Waals surface area contributed by atoms with Crippen LogP contribution in [-0.2, 0) is 5.41 Å². The molecular formula is C147H128. The van der Waals surface area contributed by atoms with Crippen LogP contribution in [0.15, 0.2) is 522 Å². The molecule has 0 heterocycles. The van der Waals surface area contributed by atoms with E-state index in [2.05, 4.69) is 536 Å². The Balaban J connectivity index is 0.000000113. The van der Waals surface area contributed by atoms with Crippen molar-refractivity contribution in [2.75, 3.05) is 0 Å². The lowest BCUT2D eigenvalue weighted by Crippen LogP contribution is -2.14. The molecule has 0 saturated carbocycles. The van der Waals surface area contributed by atoms with Gasteiger partial charge in [0.15, 0.2) is 0 Å². The molecule has 0 aromatic heterocycles. The fourth-order valence-corrected chi connectivity index (χ4v) is 21.9. The van der Waals surface area contributed by atoms with Crippen LogP contribution in [0.25, 0.3) is 240 Å². The fourth-order valence-electron chi connectivity index (χ4n) is 21.9. The Kier molecular flexibility index (Phi) is 31.6. The first kappa shape index (κ1) is 100.0. The molecular weight excluding hydrogens is 1770 g/mol. The van der Waals surface area contributed by atoms with Gasteiger partial charge in [0, 0.05) is 5.41 Å². The molecule has 716 valence electrons. The number of benzene rings is 27. The SMILES string of the molecule is CC.CC.CC.CC.CC.CC.CC1(C)c2ccccc2-c2ccc(-c3ccccc3)cc21.c1ccc(-c2cc3ccccc3c3ccccc23)cc1.c1ccc(-c2ccc3c4c(cccc24)-c2ccccc2-3)cc1.c1ccc(-c2ccc3c4cccc5cccc(c6cccc2c63)c54)cc1.c1ccc(-c2ccc3c4ccccc4c4ccccc4c3c2)cc1.c1ccc(-c2ccc3ccc4cccc5ccc2c3c45)cc1. The summed E-state index contributed by atoms with van der Waals surface area (Å²) in [7, 11) is 0. The van der Waals surface area contributed by atoms with Crippen LogP contribution >= 0.6 is 0 Å². The van der Waals surface area contributed by atoms with Gasteiger partial charge in [0.25, 0.3) is 0 Å². The molecule has 147 heavy (non-hydrogen) atoms. The van der Waals surface area contributed by atoms with Crippen LogP contribution in [0.3, 0.4) is 0 Å². The standard InChI is InChI=1S/C26H16.C24H16.2C22H14.C21H18.C20H14.6C2H6/c1-2-7-17(8-3-1)19-15-16-24-22-12-5-10-18-9-4-11-21(25(18)22)23-14-6-13-20(19)26(23)24;1-2-8-17(9-3-1)18-14-15-23-21-12-5-4-10-19(21)20-11-6-7-13-22(20)24(23)16-18;1-2-7-15(8-3-1)16-13-14-21-18-10-5-4-9-17(18)20-12-6-11-19(16)22(20)21;1-2-5-15(6-3-1)19-13-11-18-10-9-16-7-4-8-17-12-14-20(19)22(18)21(16)17;1-21(2)19-11-7-6-10-17(19)18-13-12-16(14-20(18)21)15-8-4-3-5-9-15;1-2-8-15(9-3-1)20-14-16-10-4-5-11-17(16)18-12-6-7-13-19(18)20;6*1-2/h1-16H;1-16H;2*1-14H;3-14H,1-2H3;1-14H;6*1-2H3. The highest BCUT2D eigenvalue weighted by atomic mass is 14.4. The summed E-state index contributed by atoms with van der Waals surface area (Å²) in [5.74, 6) is 0. The third kappa shape index (κ3) is 19.5. The molecule has 0 fully saturated rings. The summed E-state index contributed by atoms with van der Waals surface area (Å²) in [4.78, 5) is 0. The van der Waals surface area contributed by atoms with Crippen molar-refractivity contribution < 1.29 is 0 Å². The predicted octanol–water partition coefficient (Wildman–Crippen LogP) is 44.1. The molecule has 0 aliphatic heterocycles. The second-order valence-corrected chi connectivity index (χ2v) is 36.2. The monoisotopic (exact) mass is 1890 g/mol. The highest BCUT2D eigenvalue weighted by Gasteiger charge is 2.35. The topological polar surface area (TPSA) is 0 Å². The molecule has 0 spiro atoms. The predicted molar refractivity (Wildman–Crippen MR) is 651 cm³/mol. The van der Waals surface area contributed by atoms with E-state index >= 15 is 0 Å². The van der Waals surface area contributed by atoms with Crippen LogP contribution < -0.4 is 0 Å². The van der Waals surface area contributed by atoms with E-state index in [4.69, 9.17) is 0 Å². The number of hydrogen-bond donors (Lipinski definition) is 0. The van der Waals surface area contributed by atoms with Gasteiger partial charge in [-0.2, -0.15) is 0 Å². The van der Waals surface area contributed by atoms with Gasteiger partial charge in [0.1, 0.15) is 0 Å². The van der Waals surface area contributed by atoms with Gasteiger partial charge in [-0.25, -0.2) is 0 Å². The van der Waals surface area contributed by atoms with Gasteiger partial charge in [0.05, 0.1) is 0 Å². The lowest BCUT2D eigenvalue weighted by Gasteiger charge is -2.22. The van der Waals surface area contributed by atoms with Crippen molar-refractivity contribution in [1.82, 2.24) is 0 Å². The maximum absolute atomic E-state index is 2.37. The third-order valence-electron chi connectivity index (χ3n) is 28.3. The molecule has 0 N–H and O–H groups in total. The van der Waals surface area contributed by atoms with E-state index in [-0.39, 0.29) is 5.41 Å². The highest BCUT2D eigenvalue weighted by Crippen LogP contribution is 2.53. The molecule has 0 amide bonds. The minimum atomic E-state index is 0.0801. The van der Waals surface area contributed by atoms with Gasteiger partial charge in [-0.1, -0.05) is 600 Å². The summed E-state index contributed by atoms with van der Waals surface area (Å²) in [6.07, 6.45) is 0. The Hall–Kier alpha value is -17.2. The van der Waals surface area contributed by atoms with E-state index in [9.17, 15) is 0 Å². The van der Waals surface area contributed by atoms with Crippen molar-refractivity contribution in [3.8, 4) is 100 Å². The van der Waals surface area contributed by atoms with E-state index in [1.54, 1.807) is 0 Å². The largest absolute Gasteiger partial charge is 0.0683 e. The van der Waals surface area contributed by atoms with Crippen LogP contribution in [0.2, 0.25) is 0 Å². The maximum Gasteiger partial charge on any atom is 0.0159 e. The van der Waals surface area contributed by atoms with Crippen molar-refractivity contribution in [1.29, 1.82) is 0 Å². The summed E-state index contributed by atoms with van der Waals surface area (Å²) in [5.41, 5.74) is 26.6. The molecule has 0 unspecified atom stereocenters. The van der Waals surface area contributed by atoms with E-state index in [1.807, 2.05) is 83.1 Å². The van der Waals surface area contributed by atoms with Gasteiger partial charge in [-0.3, -0.25) is 0 Å². The number of fused-ring (bicyclic) bond motifs is 17. The minimum absolute atomic E-state index is 0.0801. The molecule has 2 aliphatic carbocycles. The first-order valence-corrected chi connectivity index (χ1v) is 53.0. The van der Waals surface area contributed by atoms with E-state index in [0.717, 1.165) is 0 Å². The van der Waals surface area contributed by atoms with Crippen LogP contribution in [-0.4, -0.2) is 0 Å². The van der Waals surface area contributed by atoms with Crippen molar-refractivity contribution in [3.05, 3.63) is 533 Å². The summed E-state index contributed by atoms with van der Waals surface area (Å²) in [5, 5.41) is 34.8. The van der Waals surface area contributed by atoms with E-state index in [1.165, 1.54) is 251 Å². The summed E-state index contributed by atoms with van der Waals surface area (Å²) in [6.45, 7) is 28.7. The minimum Gasteiger partial charge on any atom is -0.0683 e. The Labute approximate surface area is 869 Å². The van der Waals surface area contributed by atoms with Crippen molar-refractivity contribution in [2.45, 2.75) is 102 Å². The highest BCUT2D eigenvalue weighted by molar-refractivity contribution is 6.35. The average Bonchev–Trinajstić information content (AvgIpc) is 1.36. The first-order chi connectivity index (χ1) is 72.8. The Bertz CT molecular complexity index is 9020. The molecule has 2 aliphatic rings. The normalized spacial score (nSPS) is 11.3. The average molecular weight is 1890 g/mol. The zero-order valence-electron chi connectivity index (χ0n) is 87.2. The van der Waals surface area contributed by atoms with Crippen LogP contribution in [0.1, 0.15) is 108 Å². The van der Waals surface area contributed by atoms with Crippen molar-refractivity contribution in [2.24, 2.45) is 0 Å². The van der Waals surface area contributed by atoms with Gasteiger partial charge in [0.2, 0.25) is 0 Å². The zero-order valence-corrected chi connectivity index (χ0v) is 87.2. The first-order valence-electron chi connectivity index (χ1n) is 53.0. The van der Waals surface area contributed by atoms with Gasteiger partial charge < -0.3 is 0 Å². The summed E-state index contributed by atoms with van der Waals surface area (Å²) < 4.78 is 0. The molecule has 0 atom stereocenters. The Morgan fingerprint density at radius 2 is 0.374 bits per heavy atom. The van der Waals surface area contributed by atoms with Crippen LogP contribution in [0.4, 0.5) is 0 Å². The summed E-state index contributed by atoms with van der Waals surface area (Å²) in [6, 6.07) is 188. The molecule has 29 rings (SSSR count). The molecule has 27 aromatic rings. The van der Waals surface area contributed by atoms with Crippen LogP contribution in [0, 0.1) is 0 Å². The van der Waals surface area contributed by atoms with Gasteiger partial charge in [-0.05, 0) is 270 Å². The molecule has 0 bridgehead atoms. The molecule has 27 aromatic carbocycles. The van der Waals surface area contributed by atoms with E-state index < -0.39 is 0 Å². The zero-order chi connectivity index (χ0) is 102. The summed E-state index contributed by atoms with van der Waals surface area (Å²) >= 11 is 0. The molecule has 0 saturated heterocycles. The molecule has 0 heteroatoms. The molecule has 0 nitrogen and oxygen atoms in total. The lowest BCUT2D eigenvalue weighted by molar-refractivity contribution is 0.660. The Morgan fingerprint density at radius 1 is 0.109 bits per heavy atom. The lowest BCUT2D eigenvalue weighted by atomic mass is 9.81. The fraction of sp³-hybridized carbons (Fsp3) is 0.102. The smallest absolute Gasteiger partial charge is 0.0159 e.